The minimum atomic E-state index is 0.0937. The fraction of sp³-hybridized carbons (Fsp3) is 0.500. The molecule has 0 aromatic heterocycles. The molecule has 0 fully saturated rings. The molecule has 1 rings (SSSR count). The molecule has 14 heavy (non-hydrogen) atoms. The summed E-state index contributed by atoms with van der Waals surface area (Å²) in [5.74, 6) is 0.908. The van der Waals surface area contributed by atoms with Crippen LogP contribution in [0.2, 0.25) is 0 Å². The summed E-state index contributed by atoms with van der Waals surface area (Å²) in [5, 5.41) is 0. The second kappa shape index (κ2) is 5.01. The van der Waals surface area contributed by atoms with Crippen LogP contribution in [0.25, 0.3) is 0 Å². The molecule has 0 amide bonds. The lowest BCUT2D eigenvalue weighted by atomic mass is 9.97. The van der Waals surface area contributed by atoms with Gasteiger partial charge in [0, 0.05) is 11.6 Å². The molecule has 0 aliphatic heterocycles. The Morgan fingerprint density at radius 3 is 2.71 bits per heavy atom. The predicted octanol–water partition coefficient (Wildman–Crippen LogP) is 2.80. The summed E-state index contributed by atoms with van der Waals surface area (Å²) >= 11 is 0. The van der Waals surface area contributed by atoms with Crippen LogP contribution in [0.15, 0.2) is 18.2 Å². The molecule has 78 valence electrons. The predicted molar refractivity (Wildman–Crippen MR) is 59.6 cm³/mol. The summed E-state index contributed by atoms with van der Waals surface area (Å²) in [6, 6.07) is 6.14. The third-order valence-corrected chi connectivity index (χ3v) is 2.47. The first-order valence-electron chi connectivity index (χ1n) is 5.09. The molecule has 0 aliphatic rings. The maximum absolute atomic E-state index is 6.10. The first-order chi connectivity index (χ1) is 6.70. The van der Waals surface area contributed by atoms with Crippen LogP contribution in [-0.4, -0.2) is 7.11 Å². The molecule has 2 nitrogen and oxygen atoms in total. The Hall–Kier alpha value is -1.02. The van der Waals surface area contributed by atoms with Crippen LogP contribution in [0, 0.1) is 6.92 Å². The molecule has 1 atom stereocenters. The lowest BCUT2D eigenvalue weighted by molar-refractivity contribution is 0.403. The van der Waals surface area contributed by atoms with E-state index in [2.05, 4.69) is 19.9 Å². The number of rotatable bonds is 4. The van der Waals surface area contributed by atoms with Crippen molar-refractivity contribution >= 4 is 0 Å². The number of hydrogen-bond donors (Lipinski definition) is 1. The van der Waals surface area contributed by atoms with Crippen molar-refractivity contribution in [1.82, 2.24) is 0 Å². The van der Waals surface area contributed by atoms with Gasteiger partial charge in [-0.25, -0.2) is 0 Å². The SMILES string of the molecule is CCC[C@@H](N)c1c(C)cccc1OC. The van der Waals surface area contributed by atoms with Gasteiger partial charge in [-0.3, -0.25) is 0 Å². The minimum Gasteiger partial charge on any atom is -0.496 e. The first-order valence-corrected chi connectivity index (χ1v) is 5.09. The van der Waals surface area contributed by atoms with Crippen LogP contribution in [0.1, 0.15) is 36.9 Å². The summed E-state index contributed by atoms with van der Waals surface area (Å²) in [6.07, 6.45) is 2.10. The molecule has 0 spiro atoms. The highest BCUT2D eigenvalue weighted by Gasteiger charge is 2.12. The van der Waals surface area contributed by atoms with E-state index in [0.29, 0.717) is 0 Å². The van der Waals surface area contributed by atoms with E-state index < -0.39 is 0 Å². The smallest absolute Gasteiger partial charge is 0.123 e. The van der Waals surface area contributed by atoms with Crippen LogP contribution in [0.3, 0.4) is 0 Å². The molecule has 0 aliphatic carbocycles. The third kappa shape index (κ3) is 2.26. The average molecular weight is 193 g/mol. The van der Waals surface area contributed by atoms with E-state index in [1.807, 2.05) is 12.1 Å². The summed E-state index contributed by atoms with van der Waals surface area (Å²) in [6.45, 7) is 4.22. The molecular weight excluding hydrogens is 174 g/mol. The fourth-order valence-corrected chi connectivity index (χ4v) is 1.76. The molecule has 0 saturated heterocycles. The standard InChI is InChI=1S/C12H19NO/c1-4-6-10(13)12-9(2)7-5-8-11(12)14-3/h5,7-8,10H,4,6,13H2,1-3H3/t10-/m1/s1. The number of ether oxygens (including phenoxy) is 1. The number of hydrogen-bond acceptors (Lipinski definition) is 2. The molecule has 0 bridgehead atoms. The number of nitrogens with two attached hydrogens (primary N) is 1. The Balaban J connectivity index is 3.03. The van der Waals surface area contributed by atoms with Crippen LogP contribution in [0.4, 0.5) is 0 Å². The summed E-state index contributed by atoms with van der Waals surface area (Å²) in [7, 11) is 1.69. The molecule has 0 radical (unpaired) electrons. The molecular formula is C12H19NO. The normalized spacial score (nSPS) is 12.6. The van der Waals surface area contributed by atoms with Gasteiger partial charge in [-0.2, -0.15) is 0 Å². The maximum Gasteiger partial charge on any atom is 0.123 e. The second-order valence-corrected chi connectivity index (χ2v) is 3.59. The van der Waals surface area contributed by atoms with E-state index in [9.17, 15) is 0 Å². The van der Waals surface area contributed by atoms with Crippen molar-refractivity contribution in [2.45, 2.75) is 32.7 Å². The van der Waals surface area contributed by atoms with Crippen molar-refractivity contribution in [2.24, 2.45) is 5.73 Å². The number of methoxy groups -OCH3 is 1. The van der Waals surface area contributed by atoms with Gasteiger partial charge < -0.3 is 10.5 Å². The molecule has 0 unspecified atom stereocenters. The van der Waals surface area contributed by atoms with Crippen LogP contribution >= 0.6 is 0 Å². The van der Waals surface area contributed by atoms with Crippen molar-refractivity contribution in [3.63, 3.8) is 0 Å². The zero-order valence-electron chi connectivity index (χ0n) is 9.21. The Labute approximate surface area is 86.1 Å². The quantitative estimate of drug-likeness (QED) is 0.798. The van der Waals surface area contributed by atoms with Gasteiger partial charge in [0.1, 0.15) is 5.75 Å². The molecule has 2 heteroatoms. The van der Waals surface area contributed by atoms with E-state index >= 15 is 0 Å². The first kappa shape index (κ1) is 11.1. The highest BCUT2D eigenvalue weighted by molar-refractivity contribution is 5.41. The maximum atomic E-state index is 6.10. The molecule has 1 aromatic carbocycles. The molecule has 1 aromatic rings. The molecule has 2 N–H and O–H groups in total. The monoisotopic (exact) mass is 193 g/mol. The zero-order valence-corrected chi connectivity index (χ0v) is 9.21. The Kier molecular flexibility index (Phi) is 3.96. The lowest BCUT2D eigenvalue weighted by Gasteiger charge is -2.17. The van der Waals surface area contributed by atoms with Gasteiger partial charge in [-0.15, -0.1) is 0 Å². The third-order valence-electron chi connectivity index (χ3n) is 2.47. The van der Waals surface area contributed by atoms with Gasteiger partial charge in [-0.05, 0) is 25.0 Å². The van der Waals surface area contributed by atoms with Crippen LogP contribution in [0.5, 0.6) is 5.75 Å². The van der Waals surface area contributed by atoms with E-state index in [4.69, 9.17) is 10.5 Å². The minimum absolute atomic E-state index is 0.0937. The fourth-order valence-electron chi connectivity index (χ4n) is 1.76. The van der Waals surface area contributed by atoms with Crippen molar-refractivity contribution in [3.8, 4) is 5.75 Å². The summed E-state index contributed by atoms with van der Waals surface area (Å²) in [5.41, 5.74) is 8.47. The van der Waals surface area contributed by atoms with E-state index in [0.717, 1.165) is 24.2 Å². The van der Waals surface area contributed by atoms with E-state index in [1.165, 1.54) is 5.56 Å². The molecule has 0 saturated carbocycles. The number of aryl methyl sites for hydroxylation is 1. The van der Waals surface area contributed by atoms with Gasteiger partial charge in [-0.1, -0.05) is 25.5 Å². The number of benzene rings is 1. The molecule has 0 heterocycles. The van der Waals surface area contributed by atoms with E-state index in [1.54, 1.807) is 7.11 Å². The van der Waals surface area contributed by atoms with Gasteiger partial charge in [0.15, 0.2) is 0 Å². The average Bonchev–Trinajstić information content (AvgIpc) is 2.17. The van der Waals surface area contributed by atoms with Gasteiger partial charge in [0.05, 0.1) is 7.11 Å². The van der Waals surface area contributed by atoms with E-state index in [-0.39, 0.29) is 6.04 Å². The van der Waals surface area contributed by atoms with Gasteiger partial charge >= 0.3 is 0 Å². The zero-order chi connectivity index (χ0) is 10.6. The lowest BCUT2D eigenvalue weighted by Crippen LogP contribution is -2.12. The topological polar surface area (TPSA) is 35.2 Å². The van der Waals surface area contributed by atoms with Crippen LogP contribution in [-0.2, 0) is 0 Å². The van der Waals surface area contributed by atoms with Crippen molar-refractivity contribution in [2.75, 3.05) is 7.11 Å². The second-order valence-electron chi connectivity index (χ2n) is 3.59. The summed E-state index contributed by atoms with van der Waals surface area (Å²) < 4.78 is 5.31. The van der Waals surface area contributed by atoms with Crippen molar-refractivity contribution in [1.29, 1.82) is 0 Å². The highest BCUT2D eigenvalue weighted by Crippen LogP contribution is 2.29. The van der Waals surface area contributed by atoms with Crippen molar-refractivity contribution in [3.05, 3.63) is 29.3 Å². The van der Waals surface area contributed by atoms with Crippen molar-refractivity contribution < 1.29 is 4.74 Å². The Morgan fingerprint density at radius 1 is 1.43 bits per heavy atom. The van der Waals surface area contributed by atoms with Gasteiger partial charge in [0.25, 0.3) is 0 Å². The van der Waals surface area contributed by atoms with Crippen LogP contribution < -0.4 is 10.5 Å². The Morgan fingerprint density at radius 2 is 2.14 bits per heavy atom. The summed E-state index contributed by atoms with van der Waals surface area (Å²) in [4.78, 5) is 0. The highest BCUT2D eigenvalue weighted by atomic mass is 16.5. The Bertz CT molecular complexity index is 296. The van der Waals surface area contributed by atoms with Gasteiger partial charge in [0.2, 0.25) is 0 Å². The largest absolute Gasteiger partial charge is 0.496 e.